The fourth-order valence-electron chi connectivity index (χ4n) is 3.55. The number of pyridine rings is 1. The highest BCUT2D eigenvalue weighted by Gasteiger charge is 2.21. The summed E-state index contributed by atoms with van der Waals surface area (Å²) in [5.41, 5.74) is 3.59. The summed E-state index contributed by atoms with van der Waals surface area (Å²) in [5.74, 6) is 0.675. The predicted molar refractivity (Wildman–Crippen MR) is 110 cm³/mol. The fourth-order valence-corrected chi connectivity index (χ4v) is 4.24. The largest absolute Gasteiger partial charge is 0.467 e. The summed E-state index contributed by atoms with van der Waals surface area (Å²) >= 11 is 1.42. The van der Waals surface area contributed by atoms with Crippen molar-refractivity contribution < 1.29 is 9.21 Å². The van der Waals surface area contributed by atoms with Crippen LogP contribution in [0.15, 0.2) is 64.6 Å². The molecule has 0 radical (unpaired) electrons. The van der Waals surface area contributed by atoms with E-state index in [1.807, 2.05) is 54.8 Å². The quantitative estimate of drug-likeness (QED) is 0.442. The fraction of sp³-hybridized carbons (Fsp3) is 0.143. The molecule has 5 aromatic rings. The van der Waals surface area contributed by atoms with Crippen LogP contribution in [0.1, 0.15) is 26.6 Å². The first kappa shape index (κ1) is 17.6. The summed E-state index contributed by atoms with van der Waals surface area (Å²) in [5, 5.41) is 15.2. The molecule has 29 heavy (non-hydrogen) atoms. The van der Waals surface area contributed by atoms with Crippen molar-refractivity contribution in [3.63, 3.8) is 0 Å². The van der Waals surface area contributed by atoms with E-state index in [4.69, 9.17) is 4.42 Å². The maximum Gasteiger partial charge on any atom is 0.264 e. The number of thiophene rings is 1. The molecule has 4 aromatic heterocycles. The lowest BCUT2D eigenvalue weighted by Crippen LogP contribution is -2.29. The van der Waals surface area contributed by atoms with Gasteiger partial charge in [-0.05, 0) is 52.6 Å². The first-order chi connectivity index (χ1) is 14.2. The van der Waals surface area contributed by atoms with Crippen LogP contribution in [0.25, 0.3) is 16.6 Å². The highest BCUT2D eigenvalue weighted by molar-refractivity contribution is 7.12. The van der Waals surface area contributed by atoms with Gasteiger partial charge in [0.05, 0.1) is 29.7 Å². The zero-order valence-corrected chi connectivity index (χ0v) is 16.5. The number of para-hydroxylation sites is 1. The molecule has 7 nitrogen and oxygen atoms in total. The smallest absolute Gasteiger partial charge is 0.264 e. The van der Waals surface area contributed by atoms with Crippen molar-refractivity contribution in [1.29, 1.82) is 0 Å². The number of amides is 1. The van der Waals surface area contributed by atoms with E-state index >= 15 is 0 Å². The number of aryl methyl sites for hydroxylation is 1. The van der Waals surface area contributed by atoms with E-state index in [1.54, 1.807) is 15.7 Å². The van der Waals surface area contributed by atoms with E-state index in [-0.39, 0.29) is 5.91 Å². The molecule has 5 rings (SSSR count). The molecule has 0 spiro atoms. The van der Waals surface area contributed by atoms with Gasteiger partial charge in [-0.3, -0.25) is 4.79 Å². The van der Waals surface area contributed by atoms with Crippen LogP contribution in [-0.2, 0) is 13.1 Å². The first-order valence-electron chi connectivity index (χ1n) is 9.15. The Morgan fingerprint density at radius 1 is 1.17 bits per heavy atom. The third-order valence-corrected chi connectivity index (χ3v) is 5.73. The summed E-state index contributed by atoms with van der Waals surface area (Å²) in [6.07, 6.45) is 1.61. The molecule has 0 aliphatic carbocycles. The van der Waals surface area contributed by atoms with Crippen LogP contribution in [0, 0.1) is 6.92 Å². The van der Waals surface area contributed by atoms with Crippen molar-refractivity contribution in [2.45, 2.75) is 20.0 Å². The van der Waals surface area contributed by atoms with Gasteiger partial charge in [-0.15, -0.1) is 16.4 Å². The topological polar surface area (TPSA) is 76.5 Å². The van der Waals surface area contributed by atoms with Crippen molar-refractivity contribution in [1.82, 2.24) is 24.9 Å². The van der Waals surface area contributed by atoms with Crippen LogP contribution in [0.3, 0.4) is 0 Å². The van der Waals surface area contributed by atoms with Gasteiger partial charge in [-0.1, -0.05) is 24.3 Å². The number of hydrogen-bond acceptors (Lipinski definition) is 6. The van der Waals surface area contributed by atoms with Crippen molar-refractivity contribution in [3.8, 4) is 0 Å². The maximum atomic E-state index is 13.2. The van der Waals surface area contributed by atoms with Crippen LogP contribution in [0.5, 0.6) is 0 Å². The molecule has 1 amide bonds. The van der Waals surface area contributed by atoms with Gasteiger partial charge in [0.15, 0.2) is 5.65 Å². The number of fused-ring (bicyclic) bond motifs is 3. The van der Waals surface area contributed by atoms with Crippen LogP contribution >= 0.6 is 11.3 Å². The van der Waals surface area contributed by atoms with E-state index in [0.29, 0.717) is 23.6 Å². The summed E-state index contributed by atoms with van der Waals surface area (Å²) in [6.45, 7) is 2.77. The third-order valence-electron chi connectivity index (χ3n) is 4.87. The van der Waals surface area contributed by atoms with E-state index in [2.05, 4.69) is 21.6 Å². The Balaban J connectivity index is 1.60. The van der Waals surface area contributed by atoms with Gasteiger partial charge in [-0.2, -0.15) is 4.52 Å². The zero-order valence-electron chi connectivity index (χ0n) is 15.6. The number of carbonyl (C=O) groups excluding carboxylic acids is 1. The average Bonchev–Trinajstić information content (AvgIpc) is 3.48. The molecule has 0 unspecified atom stereocenters. The molecule has 0 atom stereocenters. The number of carbonyl (C=O) groups is 1. The van der Waals surface area contributed by atoms with Crippen molar-refractivity contribution in [2.24, 2.45) is 0 Å². The van der Waals surface area contributed by atoms with Gasteiger partial charge in [0, 0.05) is 10.9 Å². The van der Waals surface area contributed by atoms with Gasteiger partial charge in [0.1, 0.15) is 5.76 Å². The molecule has 1 aromatic carbocycles. The van der Waals surface area contributed by atoms with Crippen molar-refractivity contribution in [2.75, 3.05) is 0 Å². The summed E-state index contributed by atoms with van der Waals surface area (Å²) < 4.78 is 7.24. The van der Waals surface area contributed by atoms with Crippen LogP contribution < -0.4 is 0 Å². The Labute approximate surface area is 170 Å². The Morgan fingerprint density at radius 2 is 2.10 bits per heavy atom. The number of hydrogen-bond donors (Lipinski definition) is 0. The standard InChI is InChI=1S/C21H17N5O2S/c1-14-5-2-6-15-11-16(20-22-23-24-26(20)19(14)15)12-25(13-17-7-3-9-28-17)21(27)18-8-4-10-29-18/h2-11H,12-13H2,1H3. The minimum atomic E-state index is -0.0497. The molecule has 0 aliphatic rings. The highest BCUT2D eigenvalue weighted by Crippen LogP contribution is 2.25. The predicted octanol–water partition coefficient (Wildman–Crippen LogP) is 4.08. The summed E-state index contributed by atoms with van der Waals surface area (Å²) in [7, 11) is 0. The normalized spacial score (nSPS) is 11.3. The van der Waals surface area contributed by atoms with Gasteiger partial charge >= 0.3 is 0 Å². The minimum Gasteiger partial charge on any atom is -0.467 e. The molecule has 4 heterocycles. The van der Waals surface area contributed by atoms with Gasteiger partial charge in [0.25, 0.3) is 5.91 Å². The molecule has 0 N–H and O–H groups in total. The number of furan rings is 1. The second-order valence-electron chi connectivity index (χ2n) is 6.81. The number of tetrazole rings is 1. The van der Waals surface area contributed by atoms with Crippen LogP contribution in [0.2, 0.25) is 0 Å². The number of benzene rings is 1. The summed E-state index contributed by atoms with van der Waals surface area (Å²) in [4.78, 5) is 15.6. The monoisotopic (exact) mass is 403 g/mol. The Bertz CT molecular complexity index is 1290. The SMILES string of the molecule is Cc1cccc2cc(CN(Cc3ccco3)C(=O)c3cccs3)c3nnnn3c12. The molecule has 0 saturated carbocycles. The number of nitrogens with zero attached hydrogens (tertiary/aromatic N) is 5. The Kier molecular flexibility index (Phi) is 4.33. The Morgan fingerprint density at radius 3 is 2.90 bits per heavy atom. The van der Waals surface area contributed by atoms with Crippen molar-refractivity contribution >= 4 is 33.8 Å². The zero-order chi connectivity index (χ0) is 19.8. The lowest BCUT2D eigenvalue weighted by Gasteiger charge is -2.21. The average molecular weight is 403 g/mol. The molecule has 0 fully saturated rings. The molecular weight excluding hydrogens is 386 g/mol. The lowest BCUT2D eigenvalue weighted by atomic mass is 10.1. The minimum absolute atomic E-state index is 0.0497. The number of aromatic nitrogens is 4. The maximum absolute atomic E-state index is 13.2. The molecule has 8 heteroatoms. The van der Waals surface area contributed by atoms with E-state index < -0.39 is 0 Å². The molecule has 0 aliphatic heterocycles. The van der Waals surface area contributed by atoms with Crippen LogP contribution in [-0.4, -0.2) is 30.8 Å². The van der Waals surface area contributed by atoms with E-state index in [0.717, 1.165) is 27.8 Å². The molecule has 0 saturated heterocycles. The number of rotatable bonds is 5. The van der Waals surface area contributed by atoms with Crippen LogP contribution in [0.4, 0.5) is 0 Å². The summed E-state index contributed by atoms with van der Waals surface area (Å²) in [6, 6.07) is 15.5. The second-order valence-corrected chi connectivity index (χ2v) is 7.76. The molecule has 144 valence electrons. The van der Waals surface area contributed by atoms with E-state index in [9.17, 15) is 4.79 Å². The first-order valence-corrected chi connectivity index (χ1v) is 10.0. The molecule has 0 bridgehead atoms. The second kappa shape index (κ2) is 7.14. The van der Waals surface area contributed by atoms with Gasteiger partial charge in [-0.25, -0.2) is 0 Å². The van der Waals surface area contributed by atoms with Gasteiger partial charge < -0.3 is 9.32 Å². The third kappa shape index (κ3) is 3.17. The highest BCUT2D eigenvalue weighted by atomic mass is 32.1. The van der Waals surface area contributed by atoms with E-state index in [1.165, 1.54) is 11.3 Å². The van der Waals surface area contributed by atoms with Crippen molar-refractivity contribution in [3.05, 3.63) is 81.9 Å². The lowest BCUT2D eigenvalue weighted by molar-refractivity contribution is 0.0723. The van der Waals surface area contributed by atoms with Gasteiger partial charge in [0.2, 0.25) is 0 Å². The Hall–Kier alpha value is -3.52. The molecular formula is C21H17N5O2S.